The highest BCUT2D eigenvalue weighted by Gasteiger charge is 2.33. The van der Waals surface area contributed by atoms with E-state index < -0.39 is 0 Å². The fraction of sp³-hybridized carbons (Fsp3) is 0.294. The molecular formula is C17H17FN6O. The average molecular weight is 340 g/mol. The summed E-state index contributed by atoms with van der Waals surface area (Å²) in [4.78, 5) is 19.0. The lowest BCUT2D eigenvalue weighted by atomic mass is 10.1. The van der Waals surface area contributed by atoms with E-state index in [1.54, 1.807) is 23.1 Å². The van der Waals surface area contributed by atoms with E-state index in [4.69, 9.17) is 0 Å². The van der Waals surface area contributed by atoms with Crippen LogP contribution in [0.5, 0.6) is 0 Å². The molecule has 0 bridgehead atoms. The molecule has 1 aliphatic rings. The van der Waals surface area contributed by atoms with Crippen LogP contribution in [0.25, 0.3) is 11.3 Å². The van der Waals surface area contributed by atoms with Crippen molar-refractivity contribution in [2.45, 2.75) is 25.8 Å². The summed E-state index contributed by atoms with van der Waals surface area (Å²) >= 11 is 0. The minimum Gasteiger partial charge on any atom is -0.327 e. The summed E-state index contributed by atoms with van der Waals surface area (Å²) < 4.78 is 13.0. The van der Waals surface area contributed by atoms with Crippen LogP contribution < -0.4 is 0 Å². The zero-order chi connectivity index (χ0) is 17.4. The molecule has 0 spiro atoms. The number of nitrogens with one attached hydrogen (secondary N) is 2. The number of aryl methyl sites for hydroxylation is 1. The fourth-order valence-corrected chi connectivity index (χ4v) is 3.14. The first-order valence-electron chi connectivity index (χ1n) is 8.13. The molecule has 1 amide bonds. The molecule has 1 saturated heterocycles. The number of aromatic amines is 2. The third-order valence-electron chi connectivity index (χ3n) is 4.37. The van der Waals surface area contributed by atoms with Crippen molar-refractivity contribution >= 4 is 5.91 Å². The lowest BCUT2D eigenvalue weighted by Gasteiger charge is -2.21. The van der Waals surface area contributed by atoms with Gasteiger partial charge in [-0.25, -0.2) is 9.37 Å². The number of hydrogen-bond acceptors (Lipinski definition) is 4. The Morgan fingerprint density at radius 1 is 1.24 bits per heavy atom. The van der Waals surface area contributed by atoms with Gasteiger partial charge in [0.15, 0.2) is 5.82 Å². The number of H-pyrrole nitrogens is 2. The van der Waals surface area contributed by atoms with E-state index in [-0.39, 0.29) is 17.8 Å². The molecule has 2 N–H and O–H groups in total. The van der Waals surface area contributed by atoms with Gasteiger partial charge in [0.2, 0.25) is 0 Å². The predicted molar refractivity (Wildman–Crippen MR) is 88.1 cm³/mol. The number of amides is 1. The Labute approximate surface area is 143 Å². The van der Waals surface area contributed by atoms with Crippen LogP contribution in [0, 0.1) is 12.7 Å². The van der Waals surface area contributed by atoms with E-state index in [0.29, 0.717) is 23.8 Å². The highest BCUT2D eigenvalue weighted by molar-refractivity contribution is 5.93. The first-order chi connectivity index (χ1) is 12.1. The minimum absolute atomic E-state index is 0.130. The normalized spacial score (nSPS) is 17.2. The average Bonchev–Trinajstić information content (AvgIpc) is 3.35. The molecule has 2 aromatic heterocycles. The summed E-state index contributed by atoms with van der Waals surface area (Å²) in [6.07, 6.45) is 1.74. The molecule has 1 aromatic carbocycles. The van der Waals surface area contributed by atoms with Gasteiger partial charge >= 0.3 is 0 Å². The second kappa shape index (κ2) is 6.12. The van der Waals surface area contributed by atoms with E-state index in [2.05, 4.69) is 25.4 Å². The molecule has 1 atom stereocenters. The van der Waals surface area contributed by atoms with Crippen molar-refractivity contribution in [3.05, 3.63) is 53.5 Å². The Hall–Kier alpha value is -3.03. The molecule has 0 unspecified atom stereocenters. The molecule has 128 valence electrons. The van der Waals surface area contributed by atoms with Crippen LogP contribution in [0.1, 0.15) is 41.0 Å². The Morgan fingerprint density at radius 3 is 2.76 bits per heavy atom. The number of rotatable bonds is 3. The largest absolute Gasteiger partial charge is 0.327 e. The fourth-order valence-electron chi connectivity index (χ4n) is 3.14. The van der Waals surface area contributed by atoms with Gasteiger partial charge in [0, 0.05) is 12.1 Å². The monoisotopic (exact) mass is 340 g/mol. The smallest absolute Gasteiger partial charge is 0.272 e. The maximum atomic E-state index is 13.0. The van der Waals surface area contributed by atoms with Crippen LogP contribution in [0.2, 0.25) is 0 Å². The number of carbonyl (C=O) groups excluding carboxylic acids is 1. The molecule has 3 heterocycles. The standard InChI is InChI=1S/C17H17FN6O/c1-10-19-16(23-20-10)15-3-2-8-24(15)17(25)14-9-13(21-22-14)11-4-6-12(18)7-5-11/h4-7,9,15H,2-3,8H2,1H3,(H,21,22)(H,19,20,23)/t15-/m0/s1. The zero-order valence-electron chi connectivity index (χ0n) is 13.7. The van der Waals surface area contributed by atoms with Crippen molar-refractivity contribution in [1.29, 1.82) is 0 Å². The second-order valence-electron chi connectivity index (χ2n) is 6.11. The molecule has 7 nitrogen and oxygen atoms in total. The van der Waals surface area contributed by atoms with Crippen molar-refractivity contribution in [3.8, 4) is 11.3 Å². The third kappa shape index (κ3) is 2.90. The van der Waals surface area contributed by atoms with E-state index in [0.717, 1.165) is 24.2 Å². The van der Waals surface area contributed by atoms with Gasteiger partial charge in [-0.05, 0) is 50.1 Å². The van der Waals surface area contributed by atoms with Crippen molar-refractivity contribution in [2.24, 2.45) is 0 Å². The highest BCUT2D eigenvalue weighted by Crippen LogP contribution is 2.31. The van der Waals surface area contributed by atoms with Crippen molar-refractivity contribution in [3.63, 3.8) is 0 Å². The van der Waals surface area contributed by atoms with Gasteiger partial charge < -0.3 is 4.90 Å². The summed E-state index contributed by atoms with van der Waals surface area (Å²) in [6, 6.07) is 7.56. The number of carbonyl (C=O) groups is 1. The molecular weight excluding hydrogens is 323 g/mol. The van der Waals surface area contributed by atoms with Crippen molar-refractivity contribution < 1.29 is 9.18 Å². The van der Waals surface area contributed by atoms with E-state index >= 15 is 0 Å². The number of aromatic nitrogens is 5. The molecule has 0 saturated carbocycles. The number of likely N-dealkylation sites (tertiary alicyclic amines) is 1. The van der Waals surface area contributed by atoms with Crippen molar-refractivity contribution in [1.82, 2.24) is 30.3 Å². The van der Waals surface area contributed by atoms with Crippen LogP contribution in [0.15, 0.2) is 30.3 Å². The highest BCUT2D eigenvalue weighted by atomic mass is 19.1. The predicted octanol–water partition coefficient (Wildman–Crippen LogP) is 2.62. The first-order valence-corrected chi connectivity index (χ1v) is 8.13. The molecule has 0 aliphatic carbocycles. The van der Waals surface area contributed by atoms with Crippen LogP contribution in [-0.2, 0) is 0 Å². The topological polar surface area (TPSA) is 90.6 Å². The van der Waals surface area contributed by atoms with Gasteiger partial charge in [-0.15, -0.1) is 0 Å². The Morgan fingerprint density at radius 2 is 2.04 bits per heavy atom. The Balaban J connectivity index is 1.57. The number of nitrogens with zero attached hydrogens (tertiary/aromatic N) is 4. The van der Waals surface area contributed by atoms with Crippen LogP contribution in [0.4, 0.5) is 4.39 Å². The van der Waals surface area contributed by atoms with Gasteiger partial charge in [0.25, 0.3) is 5.91 Å². The molecule has 0 radical (unpaired) electrons. The zero-order valence-corrected chi connectivity index (χ0v) is 13.7. The van der Waals surface area contributed by atoms with E-state index in [1.165, 1.54) is 12.1 Å². The van der Waals surface area contributed by atoms with Crippen LogP contribution in [-0.4, -0.2) is 42.7 Å². The minimum atomic E-state index is -0.308. The molecule has 1 aliphatic heterocycles. The second-order valence-corrected chi connectivity index (χ2v) is 6.11. The maximum absolute atomic E-state index is 13.0. The van der Waals surface area contributed by atoms with Gasteiger partial charge in [-0.3, -0.25) is 15.0 Å². The quantitative estimate of drug-likeness (QED) is 0.767. The Kier molecular flexibility index (Phi) is 3.79. The molecule has 3 aromatic rings. The summed E-state index contributed by atoms with van der Waals surface area (Å²) in [5.41, 5.74) is 1.76. The van der Waals surface area contributed by atoms with E-state index in [1.807, 2.05) is 6.92 Å². The molecule has 8 heteroatoms. The van der Waals surface area contributed by atoms with E-state index in [9.17, 15) is 9.18 Å². The van der Waals surface area contributed by atoms with Gasteiger partial charge in [0.05, 0.1) is 11.7 Å². The maximum Gasteiger partial charge on any atom is 0.272 e. The lowest BCUT2D eigenvalue weighted by Crippen LogP contribution is -2.31. The summed E-state index contributed by atoms with van der Waals surface area (Å²) in [5.74, 6) is 0.930. The lowest BCUT2D eigenvalue weighted by molar-refractivity contribution is 0.0724. The SMILES string of the molecule is Cc1nc([C@@H]2CCCN2C(=O)c2cc(-c3ccc(F)cc3)n[nH]2)n[nH]1. The summed E-state index contributed by atoms with van der Waals surface area (Å²) in [6.45, 7) is 2.49. The molecule has 25 heavy (non-hydrogen) atoms. The van der Waals surface area contributed by atoms with Gasteiger partial charge in [-0.1, -0.05) is 0 Å². The van der Waals surface area contributed by atoms with Crippen LogP contribution in [0.3, 0.4) is 0 Å². The van der Waals surface area contributed by atoms with Crippen LogP contribution >= 0.6 is 0 Å². The van der Waals surface area contributed by atoms with Gasteiger partial charge in [0.1, 0.15) is 17.3 Å². The number of halogens is 1. The third-order valence-corrected chi connectivity index (χ3v) is 4.37. The van der Waals surface area contributed by atoms with Crippen molar-refractivity contribution in [2.75, 3.05) is 6.54 Å². The number of benzene rings is 1. The molecule has 1 fully saturated rings. The summed E-state index contributed by atoms with van der Waals surface area (Å²) in [7, 11) is 0. The Bertz CT molecular complexity index is 900. The first kappa shape index (κ1) is 15.5. The van der Waals surface area contributed by atoms with Gasteiger partial charge in [-0.2, -0.15) is 10.2 Å². The summed E-state index contributed by atoms with van der Waals surface area (Å²) in [5, 5.41) is 14.0. The number of hydrogen-bond donors (Lipinski definition) is 2. The molecule has 4 rings (SSSR count).